The zero-order chi connectivity index (χ0) is 7.40. The Morgan fingerprint density at radius 3 is 1.60 bits per heavy atom. The van der Waals surface area contributed by atoms with Crippen molar-refractivity contribution in [1.29, 1.82) is 0 Å². The molecule has 0 bridgehead atoms. The van der Waals surface area contributed by atoms with E-state index in [2.05, 4.69) is 25.9 Å². The van der Waals surface area contributed by atoms with E-state index in [0.29, 0.717) is 0 Å². The van der Waals surface area contributed by atoms with E-state index in [0.717, 1.165) is 11.1 Å². The van der Waals surface area contributed by atoms with Gasteiger partial charge in [0.15, 0.2) is 0 Å². The molecule has 10 heavy (non-hydrogen) atoms. The molecular weight excluding hydrogens is 152 g/mol. The molecule has 0 aromatic rings. The molecule has 0 heterocycles. The molecule has 2 heteroatoms. The van der Waals surface area contributed by atoms with Crippen molar-refractivity contribution in [3.8, 4) is 0 Å². The molecule has 0 aromatic heterocycles. The van der Waals surface area contributed by atoms with Gasteiger partial charge in [0.25, 0.3) is 0 Å². The van der Waals surface area contributed by atoms with Crippen LogP contribution in [0.2, 0.25) is 24.2 Å². The van der Waals surface area contributed by atoms with Crippen molar-refractivity contribution < 1.29 is 0 Å². The van der Waals surface area contributed by atoms with Crippen LogP contribution in [0.5, 0.6) is 0 Å². The lowest BCUT2D eigenvalue weighted by molar-refractivity contribution is 0.702. The normalized spacial score (nSPS) is 36.6. The van der Waals surface area contributed by atoms with Gasteiger partial charge in [-0.3, -0.25) is 0 Å². The van der Waals surface area contributed by atoms with Crippen LogP contribution in [0.15, 0.2) is 0 Å². The second-order valence-electron chi connectivity index (χ2n) is 3.28. The highest BCUT2D eigenvalue weighted by atomic mass is 28.2. The van der Waals surface area contributed by atoms with Crippen molar-refractivity contribution in [2.24, 2.45) is 0 Å². The first-order valence-corrected chi connectivity index (χ1v) is 8.99. The van der Waals surface area contributed by atoms with Crippen LogP contribution in [0.1, 0.15) is 12.8 Å². The van der Waals surface area contributed by atoms with Crippen molar-refractivity contribution in [2.45, 2.75) is 37.0 Å². The standard InChI is InChI=1S/C8H18Si2/c1-9-7-3-5-8(10-2)6-4-7/h3,6-8H,4-5,9-10H2,1-2H3. The molecule has 0 aliphatic heterocycles. The zero-order valence-electron chi connectivity index (χ0n) is 7.14. The molecule has 1 rings (SSSR count). The highest BCUT2D eigenvalue weighted by molar-refractivity contribution is 6.38. The summed E-state index contributed by atoms with van der Waals surface area (Å²) in [6.45, 7) is 4.86. The highest BCUT2D eigenvalue weighted by Gasteiger charge is 2.18. The second kappa shape index (κ2) is 4.34. The lowest BCUT2D eigenvalue weighted by atomic mass is 9.99. The van der Waals surface area contributed by atoms with E-state index in [9.17, 15) is 0 Å². The summed E-state index contributed by atoms with van der Waals surface area (Å²) in [6, 6.07) is 0. The predicted molar refractivity (Wildman–Crippen MR) is 54.2 cm³/mol. The van der Waals surface area contributed by atoms with Gasteiger partial charge in [-0.25, -0.2) is 0 Å². The molecule has 1 saturated carbocycles. The molecule has 0 aromatic carbocycles. The minimum Gasteiger partial charge on any atom is -0.0746 e. The average Bonchev–Trinajstić information content (AvgIpc) is 2.05. The topological polar surface area (TPSA) is 0 Å². The summed E-state index contributed by atoms with van der Waals surface area (Å²) in [5, 5.41) is 0. The van der Waals surface area contributed by atoms with Crippen LogP contribution < -0.4 is 0 Å². The fourth-order valence-corrected chi connectivity index (χ4v) is 3.70. The van der Waals surface area contributed by atoms with E-state index in [1.165, 1.54) is 12.8 Å². The van der Waals surface area contributed by atoms with Crippen molar-refractivity contribution in [2.75, 3.05) is 0 Å². The predicted octanol–water partition coefficient (Wildman–Crippen LogP) is 1.20. The summed E-state index contributed by atoms with van der Waals surface area (Å²) in [6.07, 6.45) is 8.06. The van der Waals surface area contributed by atoms with Gasteiger partial charge < -0.3 is 0 Å². The molecule has 1 aliphatic carbocycles. The summed E-state index contributed by atoms with van der Waals surface area (Å²) in [4.78, 5) is 0. The molecule has 1 aliphatic rings. The monoisotopic (exact) mass is 170 g/mol. The summed E-state index contributed by atoms with van der Waals surface area (Å²) in [5.41, 5.74) is 2.11. The lowest BCUT2D eigenvalue weighted by Gasteiger charge is -2.25. The van der Waals surface area contributed by atoms with Crippen molar-refractivity contribution >= 4 is 19.0 Å². The van der Waals surface area contributed by atoms with Gasteiger partial charge in [0.05, 0.1) is 0 Å². The minimum atomic E-state index is 0.267. The molecular formula is C8H18Si2. The number of hydrogen-bond acceptors (Lipinski definition) is 0. The Labute approximate surface area is 69.4 Å². The van der Waals surface area contributed by atoms with Crippen molar-refractivity contribution in [3.63, 3.8) is 0 Å². The lowest BCUT2D eigenvalue weighted by Crippen LogP contribution is -2.14. The van der Waals surface area contributed by atoms with E-state index in [1.54, 1.807) is 0 Å². The molecule has 2 unspecified atom stereocenters. The van der Waals surface area contributed by atoms with Crippen LogP contribution in [0.4, 0.5) is 0 Å². The largest absolute Gasteiger partial charge is 0.0746 e. The fourth-order valence-electron chi connectivity index (χ4n) is 1.59. The third-order valence-electron chi connectivity index (χ3n) is 2.59. The van der Waals surface area contributed by atoms with Gasteiger partial charge in [-0.2, -0.15) is 0 Å². The molecule has 1 fully saturated rings. The summed E-state index contributed by atoms with van der Waals surface area (Å²) >= 11 is 0. The maximum atomic E-state index is 2.60. The molecule has 2 atom stereocenters. The summed E-state index contributed by atoms with van der Waals surface area (Å²) < 4.78 is 0. The molecule has 0 saturated heterocycles. The zero-order valence-corrected chi connectivity index (χ0v) is 9.97. The van der Waals surface area contributed by atoms with Gasteiger partial charge in [-0.1, -0.05) is 13.1 Å². The SMILES string of the molecule is C[SiH2]C1[CH]CC([SiH2]C)[CH]C1. The maximum Gasteiger partial charge on any atom is 0.0205 e. The van der Waals surface area contributed by atoms with E-state index in [1.807, 2.05) is 0 Å². The number of hydrogen-bond donors (Lipinski definition) is 0. The Morgan fingerprint density at radius 2 is 1.40 bits per heavy atom. The Bertz CT molecular complexity index is 73.3. The van der Waals surface area contributed by atoms with Crippen LogP contribution >= 0.6 is 0 Å². The van der Waals surface area contributed by atoms with Crippen molar-refractivity contribution in [3.05, 3.63) is 12.8 Å². The van der Waals surface area contributed by atoms with Crippen LogP contribution in [0.25, 0.3) is 0 Å². The molecule has 0 N–H and O–H groups in total. The van der Waals surface area contributed by atoms with Gasteiger partial charge in [0, 0.05) is 19.0 Å². The van der Waals surface area contributed by atoms with Gasteiger partial charge >= 0.3 is 0 Å². The van der Waals surface area contributed by atoms with Crippen LogP contribution in [-0.4, -0.2) is 19.0 Å². The van der Waals surface area contributed by atoms with E-state index in [4.69, 9.17) is 0 Å². The van der Waals surface area contributed by atoms with Gasteiger partial charge in [0.1, 0.15) is 0 Å². The Morgan fingerprint density at radius 1 is 1.00 bits per heavy atom. The van der Waals surface area contributed by atoms with Crippen LogP contribution in [0.3, 0.4) is 0 Å². The quantitative estimate of drug-likeness (QED) is 0.546. The van der Waals surface area contributed by atoms with E-state index >= 15 is 0 Å². The third kappa shape index (κ3) is 2.24. The minimum absolute atomic E-state index is 0.267. The fraction of sp³-hybridized carbons (Fsp3) is 0.750. The van der Waals surface area contributed by atoms with E-state index < -0.39 is 0 Å². The number of rotatable bonds is 2. The Hall–Kier alpha value is 0.434. The van der Waals surface area contributed by atoms with E-state index in [-0.39, 0.29) is 19.0 Å². The van der Waals surface area contributed by atoms with Crippen LogP contribution in [0, 0.1) is 12.8 Å². The molecule has 0 nitrogen and oxygen atoms in total. The Balaban J connectivity index is 2.17. The smallest absolute Gasteiger partial charge is 0.0205 e. The highest BCUT2D eigenvalue weighted by Crippen LogP contribution is 2.33. The molecule has 0 spiro atoms. The molecule has 2 radical (unpaired) electrons. The second-order valence-corrected chi connectivity index (χ2v) is 7.01. The summed E-state index contributed by atoms with van der Waals surface area (Å²) in [7, 11) is 0.533. The molecule has 0 amide bonds. The first kappa shape index (κ1) is 8.53. The van der Waals surface area contributed by atoms with Gasteiger partial charge in [-0.15, -0.1) is 0 Å². The van der Waals surface area contributed by atoms with Gasteiger partial charge in [-0.05, 0) is 36.8 Å². The van der Waals surface area contributed by atoms with Crippen LogP contribution in [-0.2, 0) is 0 Å². The Kier molecular flexibility index (Phi) is 3.70. The first-order valence-electron chi connectivity index (χ1n) is 4.53. The van der Waals surface area contributed by atoms with Crippen molar-refractivity contribution in [1.82, 2.24) is 0 Å². The summed E-state index contributed by atoms with van der Waals surface area (Å²) in [5.74, 6) is 0. The molecule has 58 valence electrons. The third-order valence-corrected chi connectivity index (χ3v) is 6.02. The average molecular weight is 170 g/mol. The van der Waals surface area contributed by atoms with Gasteiger partial charge in [0.2, 0.25) is 0 Å². The maximum absolute atomic E-state index is 2.60. The first-order chi connectivity index (χ1) is 4.86.